The number of nitrogens with zero attached hydrogens (tertiary/aromatic N) is 2. The van der Waals surface area contributed by atoms with Gasteiger partial charge in [-0.25, -0.2) is 0 Å². The molecule has 2 N–H and O–H groups in total. The van der Waals surface area contributed by atoms with Crippen molar-refractivity contribution in [2.24, 2.45) is 0 Å². The minimum Gasteiger partial charge on any atom is -0.497 e. The Morgan fingerprint density at radius 3 is 2.43 bits per heavy atom. The van der Waals surface area contributed by atoms with Crippen molar-refractivity contribution in [3.05, 3.63) is 18.2 Å². The maximum atomic E-state index is 9.49. The molecule has 0 spiro atoms. The van der Waals surface area contributed by atoms with Crippen LogP contribution >= 0.6 is 0 Å². The molecule has 0 aliphatic carbocycles. The molecule has 6 nitrogen and oxygen atoms in total. The summed E-state index contributed by atoms with van der Waals surface area (Å²) in [5, 5.41) is 18.4. The summed E-state index contributed by atoms with van der Waals surface area (Å²) in [6, 6.07) is 5.83. The van der Waals surface area contributed by atoms with Gasteiger partial charge in [0.25, 0.3) is 0 Å². The normalized spacial score (nSPS) is 17.6. The van der Waals surface area contributed by atoms with Crippen LogP contribution < -0.4 is 14.4 Å². The molecule has 1 aliphatic heterocycles. The fourth-order valence-electron chi connectivity index (χ4n) is 2.57. The van der Waals surface area contributed by atoms with E-state index >= 15 is 0 Å². The van der Waals surface area contributed by atoms with Crippen molar-refractivity contribution in [2.45, 2.75) is 6.10 Å². The standard InChI is InChI=1S/C15H24N2O4/c1-20-13-3-4-14(15(9-13)21-2)17-7-5-16(6-8-17)10-12(19)11-18/h3-4,9,12,18-19H,5-8,10-11H2,1-2H3. The molecule has 1 aromatic rings. The Kier molecular flexibility index (Phi) is 5.67. The van der Waals surface area contributed by atoms with Crippen molar-refractivity contribution in [3.8, 4) is 11.5 Å². The van der Waals surface area contributed by atoms with Crippen molar-refractivity contribution in [1.29, 1.82) is 0 Å². The van der Waals surface area contributed by atoms with Crippen LogP contribution in [0.5, 0.6) is 11.5 Å². The Bertz CT molecular complexity index is 447. The van der Waals surface area contributed by atoms with E-state index in [4.69, 9.17) is 14.6 Å². The third kappa shape index (κ3) is 4.00. The average Bonchev–Trinajstić information content (AvgIpc) is 2.54. The summed E-state index contributed by atoms with van der Waals surface area (Å²) >= 11 is 0. The molecule has 0 radical (unpaired) electrons. The lowest BCUT2D eigenvalue weighted by atomic mass is 10.2. The van der Waals surface area contributed by atoms with Crippen molar-refractivity contribution in [2.75, 3.05) is 58.5 Å². The van der Waals surface area contributed by atoms with Gasteiger partial charge in [0.2, 0.25) is 0 Å². The fraction of sp³-hybridized carbons (Fsp3) is 0.600. The highest BCUT2D eigenvalue weighted by atomic mass is 16.5. The second kappa shape index (κ2) is 7.49. The summed E-state index contributed by atoms with van der Waals surface area (Å²) < 4.78 is 10.7. The molecule has 1 fully saturated rings. The molecule has 1 heterocycles. The van der Waals surface area contributed by atoms with Crippen LogP contribution in [0.2, 0.25) is 0 Å². The van der Waals surface area contributed by atoms with Crippen molar-refractivity contribution >= 4 is 5.69 Å². The molecule has 2 rings (SSSR count). The van der Waals surface area contributed by atoms with Gasteiger partial charge >= 0.3 is 0 Å². The Labute approximate surface area is 125 Å². The number of benzene rings is 1. The summed E-state index contributed by atoms with van der Waals surface area (Å²) in [6.07, 6.45) is -0.660. The van der Waals surface area contributed by atoms with Gasteiger partial charge in [-0.15, -0.1) is 0 Å². The number of piperazine rings is 1. The number of β-amino-alcohol motifs (C(OH)–C–C–N with tert-alkyl or cyclic N) is 1. The lowest BCUT2D eigenvalue weighted by Gasteiger charge is -2.37. The predicted molar refractivity (Wildman–Crippen MR) is 81.3 cm³/mol. The van der Waals surface area contributed by atoms with E-state index < -0.39 is 6.10 Å². The SMILES string of the molecule is COc1ccc(N2CCN(CC(O)CO)CC2)c(OC)c1. The molecular weight excluding hydrogens is 272 g/mol. The molecule has 0 saturated carbocycles. The number of hydrogen-bond acceptors (Lipinski definition) is 6. The molecule has 1 unspecified atom stereocenters. The topological polar surface area (TPSA) is 65.4 Å². The molecule has 6 heteroatoms. The minimum absolute atomic E-state index is 0.188. The van der Waals surface area contributed by atoms with Crippen LogP contribution in [-0.4, -0.2) is 74.8 Å². The van der Waals surface area contributed by atoms with Crippen LogP contribution in [0.4, 0.5) is 5.69 Å². The summed E-state index contributed by atoms with van der Waals surface area (Å²) in [5.74, 6) is 1.58. The highest BCUT2D eigenvalue weighted by Crippen LogP contribution is 2.32. The third-order valence-corrected chi connectivity index (χ3v) is 3.78. The predicted octanol–water partition coefficient (Wildman–Crippen LogP) is 0.179. The van der Waals surface area contributed by atoms with Gasteiger partial charge in [-0.1, -0.05) is 0 Å². The fourth-order valence-corrected chi connectivity index (χ4v) is 2.57. The maximum absolute atomic E-state index is 9.49. The molecule has 118 valence electrons. The first-order chi connectivity index (χ1) is 10.2. The molecule has 1 aliphatic rings. The number of anilines is 1. The third-order valence-electron chi connectivity index (χ3n) is 3.78. The van der Waals surface area contributed by atoms with Crippen LogP contribution in [-0.2, 0) is 0 Å². The second-order valence-corrected chi connectivity index (χ2v) is 5.16. The number of aliphatic hydroxyl groups excluding tert-OH is 2. The molecule has 1 atom stereocenters. The Morgan fingerprint density at radius 1 is 1.14 bits per heavy atom. The van der Waals surface area contributed by atoms with E-state index in [1.54, 1.807) is 14.2 Å². The van der Waals surface area contributed by atoms with Crippen LogP contribution in [0.15, 0.2) is 18.2 Å². The van der Waals surface area contributed by atoms with Gasteiger partial charge in [0, 0.05) is 38.8 Å². The first-order valence-electron chi connectivity index (χ1n) is 7.16. The summed E-state index contributed by atoms with van der Waals surface area (Å²) in [6.45, 7) is 3.76. The summed E-state index contributed by atoms with van der Waals surface area (Å²) in [5.41, 5.74) is 1.06. The van der Waals surface area contributed by atoms with Crippen molar-refractivity contribution < 1.29 is 19.7 Å². The minimum atomic E-state index is -0.660. The smallest absolute Gasteiger partial charge is 0.145 e. The van der Waals surface area contributed by atoms with Gasteiger partial charge in [-0.3, -0.25) is 4.90 Å². The molecule has 1 aromatic carbocycles. The summed E-state index contributed by atoms with van der Waals surface area (Å²) in [7, 11) is 3.30. The van der Waals surface area contributed by atoms with Gasteiger partial charge in [0.15, 0.2) is 0 Å². The van der Waals surface area contributed by atoms with Crippen LogP contribution in [0.3, 0.4) is 0 Å². The molecule has 1 saturated heterocycles. The molecular formula is C15H24N2O4. The van der Waals surface area contributed by atoms with Crippen molar-refractivity contribution in [3.63, 3.8) is 0 Å². The Morgan fingerprint density at radius 2 is 1.86 bits per heavy atom. The van der Waals surface area contributed by atoms with E-state index in [2.05, 4.69) is 9.80 Å². The van der Waals surface area contributed by atoms with E-state index in [-0.39, 0.29) is 6.61 Å². The zero-order valence-electron chi connectivity index (χ0n) is 12.7. The molecule has 0 bridgehead atoms. The average molecular weight is 296 g/mol. The highest BCUT2D eigenvalue weighted by Gasteiger charge is 2.21. The quantitative estimate of drug-likeness (QED) is 0.781. The van der Waals surface area contributed by atoms with E-state index in [0.29, 0.717) is 6.54 Å². The maximum Gasteiger partial charge on any atom is 0.145 e. The Hall–Kier alpha value is -1.50. The lowest BCUT2D eigenvalue weighted by Crippen LogP contribution is -2.49. The monoisotopic (exact) mass is 296 g/mol. The van der Waals surface area contributed by atoms with E-state index in [1.807, 2.05) is 18.2 Å². The zero-order chi connectivity index (χ0) is 15.2. The van der Waals surface area contributed by atoms with Gasteiger partial charge in [0.05, 0.1) is 32.6 Å². The number of hydrogen-bond donors (Lipinski definition) is 2. The van der Waals surface area contributed by atoms with Crippen LogP contribution in [0.25, 0.3) is 0 Å². The zero-order valence-corrected chi connectivity index (χ0v) is 12.7. The van der Waals surface area contributed by atoms with Gasteiger partial charge in [0.1, 0.15) is 11.5 Å². The van der Waals surface area contributed by atoms with Gasteiger partial charge < -0.3 is 24.6 Å². The number of ether oxygens (including phenoxy) is 2. The molecule has 0 amide bonds. The van der Waals surface area contributed by atoms with E-state index in [1.165, 1.54) is 0 Å². The highest BCUT2D eigenvalue weighted by molar-refractivity contribution is 5.61. The second-order valence-electron chi connectivity index (χ2n) is 5.16. The summed E-state index contributed by atoms with van der Waals surface area (Å²) in [4.78, 5) is 4.42. The van der Waals surface area contributed by atoms with Crippen molar-refractivity contribution in [1.82, 2.24) is 4.90 Å². The molecule has 21 heavy (non-hydrogen) atoms. The first-order valence-corrected chi connectivity index (χ1v) is 7.16. The number of rotatable bonds is 6. The molecule has 0 aromatic heterocycles. The lowest BCUT2D eigenvalue weighted by molar-refractivity contribution is 0.0574. The number of aliphatic hydroxyl groups is 2. The van der Waals surface area contributed by atoms with E-state index in [0.717, 1.165) is 43.4 Å². The van der Waals surface area contributed by atoms with Gasteiger partial charge in [-0.05, 0) is 12.1 Å². The van der Waals surface area contributed by atoms with Crippen LogP contribution in [0, 0.1) is 0 Å². The largest absolute Gasteiger partial charge is 0.497 e. The van der Waals surface area contributed by atoms with E-state index in [9.17, 15) is 5.11 Å². The Balaban J connectivity index is 1.98. The van der Waals surface area contributed by atoms with Gasteiger partial charge in [-0.2, -0.15) is 0 Å². The van der Waals surface area contributed by atoms with Crippen LogP contribution in [0.1, 0.15) is 0 Å². The first kappa shape index (κ1) is 15.9. The number of methoxy groups -OCH3 is 2.